The van der Waals surface area contributed by atoms with Crippen molar-refractivity contribution in [2.75, 3.05) is 26.7 Å². The number of carboxylic acids is 1. The summed E-state index contributed by atoms with van der Waals surface area (Å²) in [6.07, 6.45) is 2.81. The van der Waals surface area contributed by atoms with E-state index in [0.29, 0.717) is 0 Å². The van der Waals surface area contributed by atoms with Crippen LogP contribution in [0.25, 0.3) is 0 Å². The fourth-order valence-electron chi connectivity index (χ4n) is 3.99. The number of carbonyl (C=O) groups is 1. The van der Waals surface area contributed by atoms with E-state index in [-0.39, 0.29) is 17.3 Å². The zero-order chi connectivity index (χ0) is 15.7. The van der Waals surface area contributed by atoms with Gasteiger partial charge in [-0.1, -0.05) is 12.1 Å². The van der Waals surface area contributed by atoms with Crippen LogP contribution in [0.2, 0.25) is 0 Å². The Hall–Kier alpha value is -1.46. The van der Waals surface area contributed by atoms with E-state index in [1.54, 1.807) is 12.1 Å². The predicted molar refractivity (Wildman–Crippen MR) is 82.0 cm³/mol. The highest BCUT2D eigenvalue weighted by molar-refractivity contribution is 5.74. The van der Waals surface area contributed by atoms with Crippen molar-refractivity contribution in [1.82, 2.24) is 9.80 Å². The number of likely N-dealkylation sites (tertiary alicyclic amines) is 2. The molecule has 3 rings (SSSR count). The van der Waals surface area contributed by atoms with Gasteiger partial charge in [-0.05, 0) is 62.5 Å². The topological polar surface area (TPSA) is 43.8 Å². The third-order valence-corrected chi connectivity index (χ3v) is 5.24. The van der Waals surface area contributed by atoms with Crippen LogP contribution in [0.5, 0.6) is 0 Å². The van der Waals surface area contributed by atoms with Gasteiger partial charge in [0.05, 0.1) is 0 Å². The van der Waals surface area contributed by atoms with Gasteiger partial charge in [0.2, 0.25) is 0 Å². The molecule has 2 heterocycles. The van der Waals surface area contributed by atoms with Crippen molar-refractivity contribution in [3.05, 3.63) is 35.6 Å². The summed E-state index contributed by atoms with van der Waals surface area (Å²) in [6, 6.07) is 6.43. The normalized spacial score (nSPS) is 25.6. The monoisotopic (exact) mass is 306 g/mol. The zero-order valence-corrected chi connectivity index (χ0v) is 13.0. The molecule has 2 aliphatic rings. The highest BCUT2D eigenvalue weighted by Crippen LogP contribution is 2.43. The molecule has 5 heteroatoms. The van der Waals surface area contributed by atoms with Crippen LogP contribution in [0.3, 0.4) is 0 Å². The zero-order valence-electron chi connectivity index (χ0n) is 13.0. The molecule has 0 aliphatic carbocycles. The lowest BCUT2D eigenvalue weighted by atomic mass is 9.76. The second-order valence-electron chi connectivity index (χ2n) is 6.88. The molecule has 0 amide bonds. The molecule has 22 heavy (non-hydrogen) atoms. The molecule has 1 atom stereocenters. The van der Waals surface area contributed by atoms with Gasteiger partial charge < -0.3 is 5.11 Å². The van der Waals surface area contributed by atoms with Crippen molar-refractivity contribution in [2.45, 2.75) is 31.8 Å². The Morgan fingerprint density at radius 1 is 1.41 bits per heavy atom. The van der Waals surface area contributed by atoms with Gasteiger partial charge >= 0.3 is 5.97 Å². The van der Waals surface area contributed by atoms with E-state index in [2.05, 4.69) is 4.90 Å². The molecule has 1 N–H and O–H groups in total. The first kappa shape index (κ1) is 15.4. The SMILES string of the molecule is CN1CC2(CCN(Cc3cccc(F)c3)CC2)C[C@@H]1C(=O)O. The van der Waals surface area contributed by atoms with Gasteiger partial charge in [-0.25, -0.2) is 4.39 Å². The first-order valence-electron chi connectivity index (χ1n) is 7.87. The van der Waals surface area contributed by atoms with Crippen molar-refractivity contribution < 1.29 is 14.3 Å². The first-order chi connectivity index (χ1) is 10.5. The van der Waals surface area contributed by atoms with Crippen LogP contribution in [0, 0.1) is 11.2 Å². The first-order valence-corrected chi connectivity index (χ1v) is 7.87. The van der Waals surface area contributed by atoms with Crippen LogP contribution in [-0.4, -0.2) is 53.6 Å². The van der Waals surface area contributed by atoms with Crippen molar-refractivity contribution in [2.24, 2.45) is 5.41 Å². The maximum atomic E-state index is 13.2. The molecule has 0 saturated carbocycles. The van der Waals surface area contributed by atoms with E-state index >= 15 is 0 Å². The lowest BCUT2D eigenvalue weighted by molar-refractivity contribution is -0.141. The Balaban J connectivity index is 1.58. The minimum atomic E-state index is -0.707. The number of nitrogens with zero attached hydrogens (tertiary/aromatic N) is 2. The fraction of sp³-hybridized carbons (Fsp3) is 0.588. The number of aliphatic carboxylic acids is 1. The van der Waals surface area contributed by atoms with Crippen molar-refractivity contribution >= 4 is 5.97 Å². The van der Waals surface area contributed by atoms with Gasteiger partial charge in [-0.3, -0.25) is 14.6 Å². The maximum absolute atomic E-state index is 13.2. The molecule has 2 saturated heterocycles. The summed E-state index contributed by atoms with van der Waals surface area (Å²) in [7, 11) is 1.91. The maximum Gasteiger partial charge on any atom is 0.320 e. The van der Waals surface area contributed by atoms with Gasteiger partial charge in [-0.2, -0.15) is 0 Å². The summed E-state index contributed by atoms with van der Waals surface area (Å²) >= 11 is 0. The van der Waals surface area contributed by atoms with Crippen molar-refractivity contribution in [3.63, 3.8) is 0 Å². The number of carboxylic acid groups (broad SMARTS) is 1. The molecule has 1 aromatic carbocycles. The standard InChI is InChI=1S/C17H23FN2O2/c1-19-12-17(10-15(19)16(21)22)5-7-20(8-6-17)11-13-3-2-4-14(18)9-13/h2-4,9,15H,5-8,10-12H2,1H3,(H,21,22)/t15-/m1/s1. The summed E-state index contributed by atoms with van der Waals surface area (Å²) in [6.45, 7) is 3.55. The number of hydrogen-bond donors (Lipinski definition) is 1. The average Bonchev–Trinajstić information content (AvgIpc) is 2.79. The van der Waals surface area contributed by atoms with E-state index in [1.807, 2.05) is 18.0 Å². The second-order valence-corrected chi connectivity index (χ2v) is 6.88. The smallest absolute Gasteiger partial charge is 0.320 e. The summed E-state index contributed by atoms with van der Waals surface area (Å²) in [5.74, 6) is -0.894. The fourth-order valence-corrected chi connectivity index (χ4v) is 3.99. The number of piperidine rings is 1. The van der Waals surface area contributed by atoms with Crippen LogP contribution < -0.4 is 0 Å². The van der Waals surface area contributed by atoms with Crippen LogP contribution in [0.4, 0.5) is 4.39 Å². The summed E-state index contributed by atoms with van der Waals surface area (Å²) in [5.41, 5.74) is 1.15. The van der Waals surface area contributed by atoms with E-state index in [9.17, 15) is 14.3 Å². The van der Waals surface area contributed by atoms with Crippen molar-refractivity contribution in [3.8, 4) is 0 Å². The van der Waals surface area contributed by atoms with Crippen molar-refractivity contribution in [1.29, 1.82) is 0 Å². The third-order valence-electron chi connectivity index (χ3n) is 5.24. The van der Waals surface area contributed by atoms with Gasteiger partial charge in [0.1, 0.15) is 11.9 Å². The van der Waals surface area contributed by atoms with E-state index in [4.69, 9.17) is 0 Å². The van der Waals surface area contributed by atoms with E-state index < -0.39 is 5.97 Å². The molecule has 2 fully saturated rings. The van der Waals surface area contributed by atoms with E-state index in [0.717, 1.165) is 51.0 Å². The molecule has 0 unspecified atom stereocenters. The van der Waals surface area contributed by atoms with Crippen LogP contribution in [0.1, 0.15) is 24.8 Å². The Morgan fingerprint density at radius 2 is 2.14 bits per heavy atom. The lowest BCUT2D eigenvalue weighted by Gasteiger charge is -2.39. The number of likely N-dealkylation sites (N-methyl/N-ethyl adjacent to an activating group) is 1. The lowest BCUT2D eigenvalue weighted by Crippen LogP contribution is -2.40. The molecular weight excluding hydrogens is 283 g/mol. The molecule has 0 radical (unpaired) electrons. The third kappa shape index (κ3) is 3.15. The number of hydrogen-bond acceptors (Lipinski definition) is 3. The summed E-state index contributed by atoms with van der Waals surface area (Å²) < 4.78 is 13.2. The molecule has 1 spiro atoms. The number of rotatable bonds is 3. The number of halogens is 1. The molecule has 2 aliphatic heterocycles. The Labute approximate surface area is 130 Å². The molecule has 1 aromatic rings. The average molecular weight is 306 g/mol. The molecule has 0 aromatic heterocycles. The quantitative estimate of drug-likeness (QED) is 0.930. The highest BCUT2D eigenvalue weighted by atomic mass is 19.1. The van der Waals surface area contributed by atoms with Gasteiger partial charge in [0.15, 0.2) is 0 Å². The number of benzene rings is 1. The Bertz CT molecular complexity index is 555. The van der Waals surface area contributed by atoms with Crippen LogP contribution in [0.15, 0.2) is 24.3 Å². The minimum absolute atomic E-state index is 0.149. The minimum Gasteiger partial charge on any atom is -0.480 e. The molecule has 0 bridgehead atoms. The van der Waals surface area contributed by atoms with Gasteiger partial charge in [0, 0.05) is 13.1 Å². The Kier molecular flexibility index (Phi) is 4.19. The van der Waals surface area contributed by atoms with Gasteiger partial charge in [0.25, 0.3) is 0 Å². The molecular formula is C17H23FN2O2. The molecule has 120 valence electrons. The van der Waals surface area contributed by atoms with Gasteiger partial charge in [-0.15, -0.1) is 0 Å². The predicted octanol–water partition coefficient (Wildman–Crippen LogP) is 2.20. The summed E-state index contributed by atoms with van der Waals surface area (Å²) in [5, 5.41) is 9.28. The highest BCUT2D eigenvalue weighted by Gasteiger charge is 2.46. The Morgan fingerprint density at radius 3 is 2.73 bits per heavy atom. The largest absolute Gasteiger partial charge is 0.480 e. The van der Waals surface area contributed by atoms with Crippen LogP contribution >= 0.6 is 0 Å². The van der Waals surface area contributed by atoms with E-state index in [1.165, 1.54) is 6.07 Å². The van der Waals surface area contributed by atoms with Crippen LogP contribution in [-0.2, 0) is 11.3 Å². The molecule has 4 nitrogen and oxygen atoms in total. The second kappa shape index (κ2) is 5.97. The summed E-state index contributed by atoms with van der Waals surface area (Å²) in [4.78, 5) is 15.6.